The van der Waals surface area contributed by atoms with E-state index in [1.807, 2.05) is 6.92 Å². The van der Waals surface area contributed by atoms with Crippen LogP contribution in [0.5, 0.6) is 0 Å². The summed E-state index contributed by atoms with van der Waals surface area (Å²) in [6, 6.07) is 0. The molecule has 0 aliphatic heterocycles. The van der Waals surface area contributed by atoms with E-state index in [1.165, 1.54) is 154 Å². The number of allylic oxidation sites excluding steroid dienone is 2. The highest BCUT2D eigenvalue weighted by Gasteiger charge is 2.22. The van der Waals surface area contributed by atoms with E-state index in [2.05, 4.69) is 19.1 Å². The molecular formula is C37H70O4. The number of carboxylic acid groups (broad SMARTS) is 1. The van der Waals surface area contributed by atoms with E-state index in [-0.39, 0.29) is 12.4 Å². The van der Waals surface area contributed by atoms with Gasteiger partial charge in [0.25, 0.3) is 0 Å². The van der Waals surface area contributed by atoms with Crippen LogP contribution in [0.1, 0.15) is 200 Å². The largest absolute Gasteiger partial charge is 0.481 e. The van der Waals surface area contributed by atoms with E-state index in [9.17, 15) is 9.59 Å². The first-order valence-electron chi connectivity index (χ1n) is 18.1. The van der Waals surface area contributed by atoms with Crippen molar-refractivity contribution in [3.63, 3.8) is 0 Å². The van der Waals surface area contributed by atoms with Crippen LogP contribution in [0, 0.1) is 5.92 Å². The van der Waals surface area contributed by atoms with Gasteiger partial charge >= 0.3 is 11.9 Å². The molecule has 0 aromatic rings. The minimum absolute atomic E-state index is 0.111. The highest BCUT2D eigenvalue weighted by Crippen LogP contribution is 2.18. The highest BCUT2D eigenvalue weighted by molar-refractivity contribution is 5.79. The molecule has 242 valence electrons. The van der Waals surface area contributed by atoms with Gasteiger partial charge < -0.3 is 9.84 Å². The van der Waals surface area contributed by atoms with Crippen molar-refractivity contribution >= 4 is 11.9 Å². The van der Waals surface area contributed by atoms with Crippen LogP contribution in [0.3, 0.4) is 0 Å². The Labute approximate surface area is 255 Å². The Bertz CT molecular complexity index is 585. The van der Waals surface area contributed by atoms with Crippen molar-refractivity contribution in [1.29, 1.82) is 0 Å². The lowest BCUT2D eigenvalue weighted by molar-refractivity contribution is -0.153. The van der Waals surface area contributed by atoms with Crippen LogP contribution in [0.25, 0.3) is 0 Å². The zero-order chi connectivity index (χ0) is 30.1. The molecule has 0 fully saturated rings. The third-order valence-corrected chi connectivity index (χ3v) is 8.27. The summed E-state index contributed by atoms with van der Waals surface area (Å²) in [7, 11) is 0. The van der Waals surface area contributed by atoms with E-state index < -0.39 is 11.9 Å². The Morgan fingerprint density at radius 3 is 1.27 bits per heavy atom. The molecule has 0 saturated carbocycles. The molecule has 4 nitrogen and oxygen atoms in total. The van der Waals surface area contributed by atoms with Crippen molar-refractivity contribution in [2.75, 3.05) is 6.61 Å². The van der Waals surface area contributed by atoms with Crippen molar-refractivity contribution < 1.29 is 19.4 Å². The zero-order valence-electron chi connectivity index (χ0n) is 27.6. The molecule has 0 rings (SSSR count). The standard InChI is InChI=1S/C37H70O4/c1-3-5-6-7-8-9-10-11-12-13-14-15-16-17-18-19-20-21-22-23-24-25-26-27-28-29-30-31-32-35(34-36(38)39)37(40)41-33-4-2/h12-13,35H,3-11,14-34H2,1-2H3,(H,38,39)/b13-12+. The molecule has 0 radical (unpaired) electrons. The third-order valence-electron chi connectivity index (χ3n) is 8.27. The van der Waals surface area contributed by atoms with E-state index in [0.717, 1.165) is 19.3 Å². The number of carbonyl (C=O) groups excluding carboxylic acids is 1. The molecule has 0 amide bonds. The van der Waals surface area contributed by atoms with E-state index in [0.29, 0.717) is 13.0 Å². The maximum atomic E-state index is 12.0. The minimum Gasteiger partial charge on any atom is -0.481 e. The molecule has 0 heterocycles. The quantitative estimate of drug-likeness (QED) is 0.0478. The van der Waals surface area contributed by atoms with Crippen LogP contribution in [-0.2, 0) is 14.3 Å². The van der Waals surface area contributed by atoms with Gasteiger partial charge in [0.15, 0.2) is 0 Å². The second-order valence-electron chi connectivity index (χ2n) is 12.4. The number of unbranched alkanes of at least 4 members (excludes halogenated alkanes) is 24. The molecule has 1 unspecified atom stereocenters. The summed E-state index contributed by atoms with van der Waals surface area (Å²) in [5.41, 5.74) is 0. The van der Waals surface area contributed by atoms with Crippen molar-refractivity contribution in [3.8, 4) is 0 Å². The van der Waals surface area contributed by atoms with Gasteiger partial charge in [0.05, 0.1) is 18.9 Å². The molecule has 0 spiro atoms. The third kappa shape index (κ3) is 31.4. The fourth-order valence-corrected chi connectivity index (χ4v) is 5.59. The molecule has 1 N–H and O–H groups in total. The fourth-order valence-electron chi connectivity index (χ4n) is 5.59. The fraction of sp³-hybridized carbons (Fsp3) is 0.892. The van der Waals surface area contributed by atoms with Gasteiger partial charge in [0.2, 0.25) is 0 Å². The Morgan fingerprint density at radius 1 is 0.537 bits per heavy atom. The molecule has 0 bridgehead atoms. The van der Waals surface area contributed by atoms with Crippen molar-refractivity contribution in [3.05, 3.63) is 12.2 Å². The number of rotatable bonds is 33. The average Bonchev–Trinajstić information content (AvgIpc) is 2.96. The second-order valence-corrected chi connectivity index (χ2v) is 12.4. The first-order valence-corrected chi connectivity index (χ1v) is 18.1. The average molecular weight is 579 g/mol. The number of carbonyl (C=O) groups is 2. The summed E-state index contributed by atoms with van der Waals surface area (Å²) >= 11 is 0. The molecule has 0 saturated heterocycles. The Balaban J connectivity index is 3.32. The number of esters is 1. The van der Waals surface area contributed by atoms with Crippen LogP contribution in [0.4, 0.5) is 0 Å². The smallest absolute Gasteiger partial charge is 0.309 e. The maximum Gasteiger partial charge on any atom is 0.309 e. The predicted molar refractivity (Wildman–Crippen MR) is 176 cm³/mol. The van der Waals surface area contributed by atoms with Crippen molar-refractivity contribution in [2.45, 2.75) is 200 Å². The second kappa shape index (κ2) is 33.2. The summed E-state index contributed by atoms with van der Waals surface area (Å²) in [5.74, 6) is -1.74. The molecule has 0 aliphatic carbocycles. The van der Waals surface area contributed by atoms with Gasteiger partial charge in [-0.15, -0.1) is 0 Å². The molecular weight excluding hydrogens is 508 g/mol. The molecule has 0 aromatic carbocycles. The van der Waals surface area contributed by atoms with Gasteiger partial charge in [0, 0.05) is 0 Å². The summed E-state index contributed by atoms with van der Waals surface area (Å²) in [5, 5.41) is 9.05. The monoisotopic (exact) mass is 579 g/mol. The van der Waals surface area contributed by atoms with E-state index in [4.69, 9.17) is 9.84 Å². The number of hydrogen-bond acceptors (Lipinski definition) is 3. The van der Waals surface area contributed by atoms with Gasteiger partial charge in [-0.1, -0.05) is 167 Å². The van der Waals surface area contributed by atoms with Crippen LogP contribution in [0.15, 0.2) is 12.2 Å². The molecule has 41 heavy (non-hydrogen) atoms. The lowest BCUT2D eigenvalue weighted by atomic mass is 9.97. The van der Waals surface area contributed by atoms with Crippen molar-refractivity contribution in [1.82, 2.24) is 0 Å². The van der Waals surface area contributed by atoms with Gasteiger partial charge in [-0.2, -0.15) is 0 Å². The maximum absolute atomic E-state index is 12.0. The first kappa shape index (κ1) is 39.7. The van der Waals surface area contributed by atoms with Gasteiger partial charge in [-0.25, -0.2) is 0 Å². The van der Waals surface area contributed by atoms with Gasteiger partial charge in [0.1, 0.15) is 0 Å². The van der Waals surface area contributed by atoms with E-state index in [1.54, 1.807) is 0 Å². The number of carboxylic acids is 1. The lowest BCUT2D eigenvalue weighted by Crippen LogP contribution is -2.21. The van der Waals surface area contributed by atoms with Gasteiger partial charge in [-0.05, 0) is 38.5 Å². The Morgan fingerprint density at radius 2 is 0.902 bits per heavy atom. The summed E-state index contributed by atoms with van der Waals surface area (Å²) < 4.78 is 5.16. The molecule has 0 aromatic heterocycles. The van der Waals surface area contributed by atoms with Crippen LogP contribution >= 0.6 is 0 Å². The minimum atomic E-state index is -0.915. The summed E-state index contributed by atoms with van der Waals surface area (Å²) in [6.07, 6.45) is 41.0. The molecule has 1 atom stereocenters. The number of ether oxygens (including phenoxy) is 1. The van der Waals surface area contributed by atoms with E-state index >= 15 is 0 Å². The SMILES string of the molecule is CCCCCCCCC/C=C/CCCCCCCCCCCCCCCCCCCC(CC(=O)O)C(=O)OCCC. The molecule has 0 aliphatic rings. The number of aliphatic carboxylic acids is 1. The van der Waals surface area contributed by atoms with Crippen molar-refractivity contribution in [2.24, 2.45) is 5.92 Å². The predicted octanol–water partition coefficient (Wildman–Crippen LogP) is 12.1. The Hall–Kier alpha value is -1.32. The zero-order valence-corrected chi connectivity index (χ0v) is 27.6. The lowest BCUT2D eigenvalue weighted by Gasteiger charge is -2.13. The topological polar surface area (TPSA) is 63.6 Å². The van der Waals surface area contributed by atoms with Crippen LogP contribution in [0.2, 0.25) is 0 Å². The molecule has 4 heteroatoms. The Kier molecular flexibility index (Phi) is 32.1. The van der Waals surface area contributed by atoms with Gasteiger partial charge in [-0.3, -0.25) is 9.59 Å². The first-order chi connectivity index (χ1) is 20.1. The summed E-state index contributed by atoms with van der Waals surface area (Å²) in [4.78, 5) is 23.1. The highest BCUT2D eigenvalue weighted by atomic mass is 16.5. The van der Waals surface area contributed by atoms with Crippen LogP contribution in [-0.4, -0.2) is 23.7 Å². The normalized spacial score (nSPS) is 12.2. The van der Waals surface area contributed by atoms with Crippen LogP contribution < -0.4 is 0 Å². The number of hydrogen-bond donors (Lipinski definition) is 1. The summed E-state index contributed by atoms with van der Waals surface area (Å²) in [6.45, 7) is 4.61.